The smallest absolute Gasteiger partial charge is 0.0603 e. The molecule has 4 heteroatoms. The van der Waals surface area contributed by atoms with Gasteiger partial charge in [0.05, 0.1) is 10.0 Å². The molecule has 1 nitrogen and oxygen atoms in total. The van der Waals surface area contributed by atoms with Gasteiger partial charge in [-0.15, -0.1) is 11.8 Å². The highest BCUT2D eigenvalue weighted by atomic mass is 35.5. The number of nitrogens with one attached hydrogen (secondary N) is 1. The van der Waals surface area contributed by atoms with Gasteiger partial charge in [0, 0.05) is 22.7 Å². The highest BCUT2D eigenvalue weighted by Crippen LogP contribution is 2.28. The van der Waals surface area contributed by atoms with Crippen molar-refractivity contribution in [2.75, 3.05) is 12.3 Å². The minimum atomic E-state index is 0.122. The Morgan fingerprint density at radius 1 is 1.28 bits per heavy atom. The molecular weight excluding hydrogens is 285 g/mol. The van der Waals surface area contributed by atoms with Crippen molar-refractivity contribution in [3.63, 3.8) is 0 Å². The standard InChI is InChI=1S/C14H19Cl2NS/c1-10(8-17-14(2,3)4)9-18-11-5-6-12(15)13(16)7-11/h5-7,17H,1,8-9H2,2-4H3. The molecule has 0 aliphatic rings. The fourth-order valence-electron chi connectivity index (χ4n) is 1.19. The quantitative estimate of drug-likeness (QED) is 0.605. The van der Waals surface area contributed by atoms with Crippen LogP contribution in [-0.4, -0.2) is 17.8 Å². The van der Waals surface area contributed by atoms with Gasteiger partial charge in [-0.2, -0.15) is 0 Å². The minimum Gasteiger partial charge on any atom is -0.308 e. The zero-order valence-electron chi connectivity index (χ0n) is 11.0. The molecule has 0 aliphatic heterocycles. The lowest BCUT2D eigenvalue weighted by Crippen LogP contribution is -2.37. The highest BCUT2D eigenvalue weighted by Gasteiger charge is 2.09. The van der Waals surface area contributed by atoms with E-state index in [1.54, 1.807) is 11.8 Å². The molecule has 0 bridgehead atoms. The summed E-state index contributed by atoms with van der Waals surface area (Å²) < 4.78 is 0. The molecule has 0 saturated carbocycles. The fourth-order valence-corrected chi connectivity index (χ4v) is 2.39. The number of rotatable bonds is 5. The molecule has 18 heavy (non-hydrogen) atoms. The maximum Gasteiger partial charge on any atom is 0.0603 e. The van der Waals surface area contributed by atoms with E-state index in [4.69, 9.17) is 23.2 Å². The molecule has 1 rings (SSSR count). The Balaban J connectivity index is 2.40. The van der Waals surface area contributed by atoms with Crippen molar-refractivity contribution < 1.29 is 0 Å². The van der Waals surface area contributed by atoms with E-state index in [0.717, 1.165) is 17.2 Å². The lowest BCUT2D eigenvalue weighted by Gasteiger charge is -2.21. The number of benzene rings is 1. The average Bonchev–Trinajstić information content (AvgIpc) is 2.27. The van der Waals surface area contributed by atoms with Gasteiger partial charge in [-0.3, -0.25) is 0 Å². The van der Waals surface area contributed by atoms with Crippen molar-refractivity contribution in [3.8, 4) is 0 Å². The first-order valence-electron chi connectivity index (χ1n) is 5.77. The monoisotopic (exact) mass is 303 g/mol. The topological polar surface area (TPSA) is 12.0 Å². The van der Waals surface area contributed by atoms with Crippen LogP contribution in [0.5, 0.6) is 0 Å². The highest BCUT2D eigenvalue weighted by molar-refractivity contribution is 7.99. The maximum absolute atomic E-state index is 5.97. The van der Waals surface area contributed by atoms with Crippen molar-refractivity contribution in [1.82, 2.24) is 5.32 Å². The summed E-state index contributed by atoms with van der Waals surface area (Å²) >= 11 is 13.6. The van der Waals surface area contributed by atoms with E-state index in [2.05, 4.69) is 32.7 Å². The molecule has 0 atom stereocenters. The molecule has 0 aromatic heterocycles. The summed E-state index contributed by atoms with van der Waals surface area (Å²) in [5, 5.41) is 4.61. The Morgan fingerprint density at radius 2 is 1.94 bits per heavy atom. The summed E-state index contributed by atoms with van der Waals surface area (Å²) in [4.78, 5) is 1.11. The summed E-state index contributed by atoms with van der Waals surface area (Å²) in [5.74, 6) is 0.876. The van der Waals surface area contributed by atoms with Crippen LogP contribution >= 0.6 is 35.0 Å². The predicted molar refractivity (Wildman–Crippen MR) is 84.1 cm³/mol. The maximum atomic E-state index is 5.97. The second-order valence-electron chi connectivity index (χ2n) is 5.22. The molecule has 0 spiro atoms. The summed E-state index contributed by atoms with van der Waals surface area (Å²) in [5.41, 5.74) is 1.29. The van der Waals surface area contributed by atoms with Gasteiger partial charge in [-0.05, 0) is 39.0 Å². The summed E-state index contributed by atoms with van der Waals surface area (Å²) in [7, 11) is 0. The van der Waals surface area contributed by atoms with Gasteiger partial charge in [0.15, 0.2) is 0 Å². The zero-order chi connectivity index (χ0) is 13.8. The summed E-state index contributed by atoms with van der Waals surface area (Å²) in [6.07, 6.45) is 0. The van der Waals surface area contributed by atoms with Gasteiger partial charge >= 0.3 is 0 Å². The molecule has 0 fully saturated rings. The van der Waals surface area contributed by atoms with Crippen LogP contribution in [0.2, 0.25) is 10.0 Å². The van der Waals surface area contributed by atoms with Gasteiger partial charge in [0.2, 0.25) is 0 Å². The molecular formula is C14H19Cl2NS. The fraction of sp³-hybridized carbons (Fsp3) is 0.429. The Kier molecular flexibility index (Phi) is 6.06. The third-order valence-corrected chi connectivity index (χ3v) is 4.08. The summed E-state index contributed by atoms with van der Waals surface area (Å²) in [6, 6.07) is 5.69. The first-order chi connectivity index (χ1) is 8.28. The molecule has 0 radical (unpaired) electrons. The number of halogens is 2. The molecule has 0 amide bonds. The van der Waals surface area contributed by atoms with Crippen molar-refractivity contribution in [2.45, 2.75) is 31.2 Å². The third-order valence-electron chi connectivity index (χ3n) is 2.20. The van der Waals surface area contributed by atoms with E-state index in [9.17, 15) is 0 Å². The van der Waals surface area contributed by atoms with E-state index >= 15 is 0 Å². The number of hydrogen-bond donors (Lipinski definition) is 1. The molecule has 0 unspecified atom stereocenters. The van der Waals surface area contributed by atoms with Crippen LogP contribution in [0.25, 0.3) is 0 Å². The van der Waals surface area contributed by atoms with E-state index in [1.807, 2.05) is 18.2 Å². The number of thioether (sulfide) groups is 1. The molecule has 100 valence electrons. The van der Waals surface area contributed by atoms with Gasteiger partial charge in [-0.1, -0.05) is 35.4 Å². The van der Waals surface area contributed by atoms with Gasteiger partial charge < -0.3 is 5.32 Å². The lowest BCUT2D eigenvalue weighted by atomic mass is 10.1. The van der Waals surface area contributed by atoms with Crippen LogP contribution in [0.1, 0.15) is 20.8 Å². The van der Waals surface area contributed by atoms with Crippen LogP contribution in [0, 0.1) is 0 Å². The second kappa shape index (κ2) is 6.85. The Hall–Kier alpha value is -0.150. The number of hydrogen-bond acceptors (Lipinski definition) is 2. The van der Waals surface area contributed by atoms with E-state index in [1.165, 1.54) is 5.57 Å². The van der Waals surface area contributed by atoms with Gasteiger partial charge in [-0.25, -0.2) is 0 Å². The molecule has 1 N–H and O–H groups in total. The predicted octanol–water partition coefficient (Wildman–Crippen LogP) is 5.03. The molecule has 0 saturated heterocycles. The SMILES string of the molecule is C=C(CNC(C)(C)C)CSc1ccc(Cl)c(Cl)c1. The molecule has 0 aliphatic carbocycles. The van der Waals surface area contributed by atoms with E-state index < -0.39 is 0 Å². The Bertz CT molecular complexity index is 424. The van der Waals surface area contributed by atoms with Gasteiger partial charge in [0.1, 0.15) is 0 Å². The van der Waals surface area contributed by atoms with Gasteiger partial charge in [0.25, 0.3) is 0 Å². The molecule has 1 aromatic carbocycles. The second-order valence-corrected chi connectivity index (χ2v) is 7.08. The zero-order valence-corrected chi connectivity index (χ0v) is 13.3. The third kappa shape index (κ3) is 6.14. The summed E-state index contributed by atoms with van der Waals surface area (Å²) in [6.45, 7) is 11.3. The Morgan fingerprint density at radius 3 is 2.50 bits per heavy atom. The van der Waals surface area contributed by atoms with Crippen molar-refractivity contribution in [2.24, 2.45) is 0 Å². The van der Waals surface area contributed by atoms with Crippen molar-refractivity contribution in [1.29, 1.82) is 0 Å². The van der Waals surface area contributed by atoms with E-state index in [-0.39, 0.29) is 5.54 Å². The first kappa shape index (κ1) is 15.9. The van der Waals surface area contributed by atoms with Crippen LogP contribution < -0.4 is 5.32 Å². The van der Waals surface area contributed by atoms with Crippen LogP contribution in [-0.2, 0) is 0 Å². The van der Waals surface area contributed by atoms with Crippen molar-refractivity contribution >= 4 is 35.0 Å². The minimum absolute atomic E-state index is 0.122. The molecule has 0 heterocycles. The van der Waals surface area contributed by atoms with Crippen LogP contribution in [0.4, 0.5) is 0 Å². The van der Waals surface area contributed by atoms with E-state index in [0.29, 0.717) is 10.0 Å². The normalized spacial score (nSPS) is 11.6. The van der Waals surface area contributed by atoms with Crippen LogP contribution in [0.3, 0.4) is 0 Å². The molecule has 1 aromatic rings. The van der Waals surface area contributed by atoms with Crippen molar-refractivity contribution in [3.05, 3.63) is 40.4 Å². The average molecular weight is 304 g/mol. The first-order valence-corrected chi connectivity index (χ1v) is 7.51. The van der Waals surface area contributed by atoms with Crippen LogP contribution in [0.15, 0.2) is 35.2 Å². The lowest BCUT2D eigenvalue weighted by molar-refractivity contribution is 0.445. The largest absolute Gasteiger partial charge is 0.308 e. The Labute approximate surface area is 124 Å².